The Balaban J connectivity index is 2.00. The normalized spacial score (nSPS) is 21.1. The first kappa shape index (κ1) is 11.1. The number of hydrogen-bond donors (Lipinski definition) is 1. The molecule has 1 aromatic carbocycles. The SMILES string of the molecule is Cc1cc(Cl)cc2c1OC1(C=C2)CCNCC1. The molecule has 1 fully saturated rings. The molecule has 0 atom stereocenters. The fourth-order valence-corrected chi connectivity index (χ4v) is 2.90. The van der Waals surface area contributed by atoms with Crippen molar-refractivity contribution in [2.45, 2.75) is 25.4 Å². The summed E-state index contributed by atoms with van der Waals surface area (Å²) in [6.45, 7) is 4.09. The molecule has 0 bridgehead atoms. The van der Waals surface area contributed by atoms with E-state index in [9.17, 15) is 0 Å². The minimum absolute atomic E-state index is 0.100. The van der Waals surface area contributed by atoms with Crippen LogP contribution in [-0.4, -0.2) is 18.7 Å². The van der Waals surface area contributed by atoms with Crippen LogP contribution in [0.5, 0.6) is 5.75 Å². The van der Waals surface area contributed by atoms with E-state index in [1.807, 2.05) is 12.1 Å². The smallest absolute Gasteiger partial charge is 0.130 e. The summed E-state index contributed by atoms with van der Waals surface area (Å²) >= 11 is 6.06. The summed E-state index contributed by atoms with van der Waals surface area (Å²) in [5.74, 6) is 0.999. The zero-order valence-corrected chi connectivity index (χ0v) is 10.7. The third-order valence-electron chi connectivity index (χ3n) is 3.59. The Kier molecular flexibility index (Phi) is 2.64. The first-order valence-corrected chi connectivity index (χ1v) is 6.45. The van der Waals surface area contributed by atoms with Crippen molar-refractivity contribution in [3.05, 3.63) is 34.4 Å². The first-order chi connectivity index (χ1) is 8.19. The van der Waals surface area contributed by atoms with Gasteiger partial charge in [0, 0.05) is 23.4 Å². The molecule has 0 amide bonds. The minimum atomic E-state index is -0.100. The maximum atomic E-state index is 6.26. The lowest BCUT2D eigenvalue weighted by Gasteiger charge is -2.38. The fourth-order valence-electron chi connectivity index (χ4n) is 2.62. The van der Waals surface area contributed by atoms with Gasteiger partial charge >= 0.3 is 0 Å². The van der Waals surface area contributed by atoms with Crippen LogP contribution in [0, 0.1) is 6.92 Å². The van der Waals surface area contributed by atoms with Crippen LogP contribution in [0.1, 0.15) is 24.0 Å². The molecule has 0 radical (unpaired) electrons. The largest absolute Gasteiger partial charge is 0.482 e. The Morgan fingerprint density at radius 2 is 2.06 bits per heavy atom. The molecule has 1 aromatic rings. The summed E-state index contributed by atoms with van der Waals surface area (Å²) in [5, 5.41) is 4.14. The standard InChI is InChI=1S/C14H16ClNO/c1-10-8-12(15)9-11-2-3-14(17-13(10)11)4-6-16-7-5-14/h2-3,8-9,16H,4-7H2,1H3. The third-order valence-corrected chi connectivity index (χ3v) is 3.81. The monoisotopic (exact) mass is 249 g/mol. The summed E-state index contributed by atoms with van der Waals surface area (Å²) in [6.07, 6.45) is 6.42. The zero-order chi connectivity index (χ0) is 11.9. The van der Waals surface area contributed by atoms with Crippen molar-refractivity contribution >= 4 is 17.7 Å². The highest BCUT2D eigenvalue weighted by atomic mass is 35.5. The number of aryl methyl sites for hydroxylation is 1. The van der Waals surface area contributed by atoms with Gasteiger partial charge in [-0.3, -0.25) is 0 Å². The minimum Gasteiger partial charge on any atom is -0.482 e. The molecule has 17 heavy (non-hydrogen) atoms. The molecule has 0 aliphatic carbocycles. The Morgan fingerprint density at radius 3 is 2.82 bits per heavy atom. The maximum Gasteiger partial charge on any atom is 0.130 e. The molecule has 1 saturated heterocycles. The molecule has 0 saturated carbocycles. The Morgan fingerprint density at radius 1 is 1.29 bits per heavy atom. The van der Waals surface area contributed by atoms with E-state index < -0.39 is 0 Å². The van der Waals surface area contributed by atoms with Gasteiger partial charge in [-0.05, 0) is 43.8 Å². The number of benzene rings is 1. The van der Waals surface area contributed by atoms with Crippen LogP contribution in [0.4, 0.5) is 0 Å². The Bertz CT molecular complexity index is 475. The molecule has 2 aliphatic heterocycles. The van der Waals surface area contributed by atoms with Crippen molar-refractivity contribution in [2.75, 3.05) is 13.1 Å². The number of rotatable bonds is 0. The van der Waals surface area contributed by atoms with Crippen LogP contribution >= 0.6 is 11.6 Å². The van der Waals surface area contributed by atoms with Crippen LogP contribution < -0.4 is 10.1 Å². The summed E-state index contributed by atoms with van der Waals surface area (Å²) < 4.78 is 6.26. The van der Waals surface area contributed by atoms with Gasteiger partial charge in [-0.2, -0.15) is 0 Å². The van der Waals surface area contributed by atoms with Crippen LogP contribution in [0.15, 0.2) is 18.2 Å². The van der Waals surface area contributed by atoms with Gasteiger partial charge in [-0.1, -0.05) is 17.7 Å². The molecule has 2 heterocycles. The van der Waals surface area contributed by atoms with E-state index in [1.54, 1.807) is 0 Å². The highest BCUT2D eigenvalue weighted by molar-refractivity contribution is 6.30. The summed E-state index contributed by atoms with van der Waals surface area (Å²) in [7, 11) is 0. The maximum absolute atomic E-state index is 6.26. The highest BCUT2D eigenvalue weighted by Crippen LogP contribution is 2.39. The van der Waals surface area contributed by atoms with Gasteiger partial charge in [0.15, 0.2) is 0 Å². The quantitative estimate of drug-likeness (QED) is 0.763. The predicted molar refractivity (Wildman–Crippen MR) is 70.7 cm³/mol. The van der Waals surface area contributed by atoms with Gasteiger partial charge in [0.2, 0.25) is 0 Å². The molecule has 90 valence electrons. The molecule has 1 spiro atoms. The van der Waals surface area contributed by atoms with Crippen molar-refractivity contribution in [1.29, 1.82) is 0 Å². The average molecular weight is 250 g/mol. The second kappa shape index (κ2) is 4.04. The summed E-state index contributed by atoms with van der Waals surface area (Å²) in [6, 6.07) is 3.93. The zero-order valence-electron chi connectivity index (χ0n) is 9.92. The number of nitrogens with one attached hydrogen (secondary N) is 1. The van der Waals surface area contributed by atoms with Gasteiger partial charge < -0.3 is 10.1 Å². The van der Waals surface area contributed by atoms with E-state index in [1.165, 1.54) is 0 Å². The van der Waals surface area contributed by atoms with E-state index in [4.69, 9.17) is 16.3 Å². The predicted octanol–water partition coefficient (Wildman–Crippen LogP) is 3.18. The number of hydrogen-bond acceptors (Lipinski definition) is 2. The lowest BCUT2D eigenvalue weighted by Crippen LogP contribution is -2.45. The molecule has 3 heteroatoms. The summed E-state index contributed by atoms with van der Waals surface area (Å²) in [4.78, 5) is 0. The lowest BCUT2D eigenvalue weighted by molar-refractivity contribution is 0.0815. The number of ether oxygens (including phenoxy) is 1. The number of halogens is 1. The van der Waals surface area contributed by atoms with Crippen LogP contribution in [-0.2, 0) is 0 Å². The van der Waals surface area contributed by atoms with Crippen molar-refractivity contribution in [3.63, 3.8) is 0 Å². The Labute approximate surface area is 107 Å². The second-order valence-electron chi connectivity index (χ2n) is 4.89. The van der Waals surface area contributed by atoms with Crippen LogP contribution in [0.25, 0.3) is 6.08 Å². The van der Waals surface area contributed by atoms with Crippen LogP contribution in [0.3, 0.4) is 0 Å². The lowest BCUT2D eigenvalue weighted by atomic mass is 9.88. The van der Waals surface area contributed by atoms with Gasteiger partial charge in [-0.15, -0.1) is 0 Å². The molecular weight excluding hydrogens is 234 g/mol. The van der Waals surface area contributed by atoms with Crippen molar-refractivity contribution in [2.24, 2.45) is 0 Å². The van der Waals surface area contributed by atoms with Crippen molar-refractivity contribution in [1.82, 2.24) is 5.32 Å². The van der Waals surface area contributed by atoms with E-state index >= 15 is 0 Å². The first-order valence-electron chi connectivity index (χ1n) is 6.08. The molecule has 3 rings (SSSR count). The van der Waals surface area contributed by atoms with E-state index in [0.717, 1.165) is 47.8 Å². The second-order valence-corrected chi connectivity index (χ2v) is 5.33. The Hall–Kier alpha value is -0.990. The highest BCUT2D eigenvalue weighted by Gasteiger charge is 2.34. The van der Waals surface area contributed by atoms with Crippen molar-refractivity contribution in [3.8, 4) is 5.75 Å². The van der Waals surface area contributed by atoms with E-state index in [0.29, 0.717) is 0 Å². The number of fused-ring (bicyclic) bond motifs is 1. The third kappa shape index (κ3) is 1.96. The van der Waals surface area contributed by atoms with Gasteiger partial charge in [0.25, 0.3) is 0 Å². The average Bonchev–Trinajstić information content (AvgIpc) is 2.32. The molecule has 1 N–H and O–H groups in total. The topological polar surface area (TPSA) is 21.3 Å². The fraction of sp³-hybridized carbons (Fsp3) is 0.429. The van der Waals surface area contributed by atoms with E-state index in [-0.39, 0.29) is 5.60 Å². The molecule has 0 aromatic heterocycles. The molecular formula is C14H16ClNO. The molecule has 2 aliphatic rings. The van der Waals surface area contributed by atoms with Gasteiger partial charge in [0.1, 0.15) is 11.4 Å². The van der Waals surface area contributed by atoms with Gasteiger partial charge in [-0.25, -0.2) is 0 Å². The van der Waals surface area contributed by atoms with E-state index in [2.05, 4.69) is 24.4 Å². The van der Waals surface area contributed by atoms with Crippen LogP contribution in [0.2, 0.25) is 5.02 Å². The molecule has 2 nitrogen and oxygen atoms in total. The molecule has 0 unspecified atom stereocenters. The number of piperidine rings is 1. The van der Waals surface area contributed by atoms with Crippen molar-refractivity contribution < 1.29 is 4.74 Å². The van der Waals surface area contributed by atoms with Gasteiger partial charge in [0.05, 0.1) is 0 Å². The summed E-state index contributed by atoms with van der Waals surface area (Å²) in [5.41, 5.74) is 2.12.